The number of rotatable bonds is 9. The second kappa shape index (κ2) is 23.0. The third-order valence-corrected chi connectivity index (χ3v) is 14.7. The van der Waals surface area contributed by atoms with Crippen molar-refractivity contribution in [2.24, 2.45) is 9.98 Å². The van der Waals surface area contributed by atoms with Crippen molar-refractivity contribution in [1.29, 1.82) is 10.5 Å². The van der Waals surface area contributed by atoms with Crippen LogP contribution in [-0.2, 0) is 6.54 Å². The molecule has 12 aromatic rings. The number of hydrogen-bond acceptors (Lipinski definition) is 4. The first-order valence-electron chi connectivity index (χ1n) is 26.7. The van der Waals surface area contributed by atoms with Gasteiger partial charge in [0.05, 0.1) is 69.0 Å². The Kier molecular flexibility index (Phi) is 15.4. The summed E-state index contributed by atoms with van der Waals surface area (Å²) in [5, 5.41) is 25.7. The Balaban J connectivity index is 0.00000136. The third-order valence-electron chi connectivity index (χ3n) is 14.4. The average Bonchev–Trinajstić information content (AvgIpc) is 4.22. The van der Waals surface area contributed by atoms with Gasteiger partial charge in [-0.1, -0.05) is 139 Å². The zero-order chi connectivity index (χ0) is 55.3. The Morgan fingerprint density at radius 2 is 0.911 bits per heavy atom. The Labute approximate surface area is 466 Å². The molecular formula is C72H61N6P. The second-order valence-electron chi connectivity index (χ2n) is 19.9. The van der Waals surface area contributed by atoms with Crippen molar-refractivity contribution in [3.05, 3.63) is 256 Å². The van der Waals surface area contributed by atoms with Gasteiger partial charge in [0.2, 0.25) is 0 Å². The van der Waals surface area contributed by atoms with Crippen LogP contribution in [0, 0.1) is 50.4 Å². The molecule has 12 rings (SSSR count). The number of nitrogens with zero attached hydrogens (tertiary/aromatic N) is 6. The van der Waals surface area contributed by atoms with E-state index in [4.69, 9.17) is 4.99 Å². The molecule has 384 valence electrons. The number of hydrogen-bond donors (Lipinski definition) is 0. The summed E-state index contributed by atoms with van der Waals surface area (Å²) in [6.07, 6.45) is 0. The van der Waals surface area contributed by atoms with Gasteiger partial charge in [-0.3, -0.25) is 4.99 Å². The van der Waals surface area contributed by atoms with E-state index in [0.717, 1.165) is 94.5 Å². The molecule has 2 heterocycles. The van der Waals surface area contributed by atoms with E-state index in [2.05, 4.69) is 234 Å². The quantitative estimate of drug-likeness (QED) is 0.107. The molecule has 0 spiro atoms. The van der Waals surface area contributed by atoms with E-state index in [9.17, 15) is 10.5 Å². The van der Waals surface area contributed by atoms with Crippen molar-refractivity contribution in [3.8, 4) is 56.9 Å². The van der Waals surface area contributed by atoms with Gasteiger partial charge in [-0.25, -0.2) is 0 Å². The van der Waals surface area contributed by atoms with E-state index < -0.39 is 0 Å². The van der Waals surface area contributed by atoms with Crippen LogP contribution in [0.25, 0.3) is 88.4 Å². The van der Waals surface area contributed by atoms with Crippen LogP contribution in [0.15, 0.2) is 216 Å². The molecule has 0 bridgehead atoms. The van der Waals surface area contributed by atoms with Crippen molar-refractivity contribution < 1.29 is 0 Å². The molecule has 6 nitrogen and oxygen atoms in total. The van der Waals surface area contributed by atoms with Gasteiger partial charge in [-0.15, -0.1) is 9.24 Å². The normalized spacial score (nSPS) is 11.2. The maximum absolute atomic E-state index is 10.3. The molecule has 0 aliphatic heterocycles. The van der Waals surface area contributed by atoms with Gasteiger partial charge >= 0.3 is 0 Å². The molecule has 1 unspecified atom stereocenters. The number of fused-ring (bicyclic) bond motifs is 6. The minimum Gasteiger partial charge on any atom is -0.309 e. The molecule has 0 fully saturated rings. The van der Waals surface area contributed by atoms with E-state index in [1.165, 1.54) is 43.8 Å². The SMILES string of the molecule is C=NC.CC.Cc1cccc(-c2cc(C(=NCc3cccc(-c4ccc(C#N)cc4)c3)c3ccc(-n4c5ccc(C)cc5c5cc(P)ccc54)c(-c4cccc(C#N)c4)c3)ccc2-n2c3ccc(C)cc3c3cc(C)ccc32)c1. The van der Waals surface area contributed by atoms with Gasteiger partial charge < -0.3 is 14.1 Å². The van der Waals surface area contributed by atoms with Crippen molar-refractivity contribution in [3.63, 3.8) is 0 Å². The van der Waals surface area contributed by atoms with E-state index in [1.54, 1.807) is 7.05 Å². The highest BCUT2D eigenvalue weighted by atomic mass is 31.0. The molecule has 0 radical (unpaired) electrons. The number of nitriles is 2. The van der Waals surface area contributed by atoms with Crippen molar-refractivity contribution in [2.75, 3.05) is 7.05 Å². The highest BCUT2D eigenvalue weighted by molar-refractivity contribution is 7.27. The van der Waals surface area contributed by atoms with Crippen LogP contribution in [-0.4, -0.2) is 28.6 Å². The Morgan fingerprint density at radius 3 is 1.43 bits per heavy atom. The summed E-state index contributed by atoms with van der Waals surface area (Å²) >= 11 is 0. The predicted molar refractivity (Wildman–Crippen MR) is 338 cm³/mol. The summed E-state index contributed by atoms with van der Waals surface area (Å²) in [5.74, 6) is 0. The van der Waals surface area contributed by atoms with Gasteiger partial charge in [-0.2, -0.15) is 10.5 Å². The molecule has 1 atom stereocenters. The lowest BCUT2D eigenvalue weighted by Gasteiger charge is -2.19. The van der Waals surface area contributed by atoms with Gasteiger partial charge in [0.15, 0.2) is 0 Å². The van der Waals surface area contributed by atoms with E-state index in [0.29, 0.717) is 17.7 Å². The number of aryl methyl sites for hydroxylation is 4. The van der Waals surface area contributed by atoms with Gasteiger partial charge in [0.1, 0.15) is 0 Å². The summed E-state index contributed by atoms with van der Waals surface area (Å²) in [6, 6.07) is 78.0. The third kappa shape index (κ3) is 10.6. The van der Waals surface area contributed by atoms with Crippen LogP contribution in [0.5, 0.6) is 0 Å². The summed E-state index contributed by atoms with van der Waals surface area (Å²) in [5.41, 5.74) is 22.7. The number of benzene rings is 10. The van der Waals surface area contributed by atoms with Crippen LogP contribution in [0.3, 0.4) is 0 Å². The fourth-order valence-electron chi connectivity index (χ4n) is 10.8. The zero-order valence-electron chi connectivity index (χ0n) is 45.8. The first kappa shape index (κ1) is 53.0. The van der Waals surface area contributed by atoms with Crippen LogP contribution < -0.4 is 5.30 Å². The summed E-state index contributed by atoms with van der Waals surface area (Å²) in [6.45, 7) is 16.2. The van der Waals surface area contributed by atoms with Crippen molar-refractivity contribution in [1.82, 2.24) is 9.13 Å². The number of aliphatic imine (C=N–C) groups is 2. The molecule has 0 N–H and O–H groups in total. The average molecular weight is 1040 g/mol. The Hall–Kier alpha value is -9.45. The smallest absolute Gasteiger partial charge is 0.0991 e. The summed E-state index contributed by atoms with van der Waals surface area (Å²) < 4.78 is 4.80. The molecule has 0 saturated carbocycles. The van der Waals surface area contributed by atoms with Gasteiger partial charge in [-0.05, 0) is 171 Å². The molecule has 79 heavy (non-hydrogen) atoms. The van der Waals surface area contributed by atoms with Crippen molar-refractivity contribution >= 4 is 70.6 Å². The molecule has 7 heteroatoms. The molecule has 0 saturated heterocycles. The first-order chi connectivity index (χ1) is 38.5. The number of aromatic nitrogens is 2. The lowest BCUT2D eigenvalue weighted by molar-refractivity contribution is 1.07. The molecule has 2 aromatic heterocycles. The van der Waals surface area contributed by atoms with Gasteiger partial charge in [0.25, 0.3) is 0 Å². The van der Waals surface area contributed by atoms with E-state index in [1.807, 2.05) is 56.3 Å². The summed E-state index contributed by atoms with van der Waals surface area (Å²) in [4.78, 5) is 8.90. The van der Waals surface area contributed by atoms with Crippen molar-refractivity contribution in [2.45, 2.75) is 48.1 Å². The monoisotopic (exact) mass is 1040 g/mol. The summed E-state index contributed by atoms with van der Waals surface area (Å²) in [7, 11) is 4.51. The minimum absolute atomic E-state index is 0.414. The van der Waals surface area contributed by atoms with Crippen LogP contribution >= 0.6 is 9.24 Å². The second-order valence-corrected chi connectivity index (χ2v) is 20.6. The Morgan fingerprint density at radius 1 is 0.456 bits per heavy atom. The maximum Gasteiger partial charge on any atom is 0.0991 e. The van der Waals surface area contributed by atoms with E-state index in [-0.39, 0.29) is 0 Å². The maximum atomic E-state index is 10.3. The predicted octanol–water partition coefficient (Wildman–Crippen LogP) is 17.7. The van der Waals surface area contributed by atoms with Crippen LogP contribution in [0.1, 0.15) is 63.9 Å². The fraction of sp³-hybridized carbons (Fsp3) is 0.111. The molecule has 10 aromatic carbocycles. The lowest BCUT2D eigenvalue weighted by atomic mass is 9.92. The fourth-order valence-corrected chi connectivity index (χ4v) is 11.1. The highest BCUT2D eigenvalue weighted by Gasteiger charge is 2.22. The minimum atomic E-state index is 0.414. The van der Waals surface area contributed by atoms with E-state index >= 15 is 0 Å². The van der Waals surface area contributed by atoms with Crippen LogP contribution in [0.4, 0.5) is 0 Å². The standard InChI is InChI=1S/C68H50N5P.C2H5N.C2H6/c1-42-8-5-12-51(30-42)56-36-53(21-27-62(56)72-64-24-14-43(2)31-58(64)59-32-44(3)15-25-65(59)72)68(71-41-48-10-7-11-50(35-48)49-19-17-46(39-69)18-20-49)54-22-28-63(57(37-54)52-13-6-9-47(34-52)40-70)73-66-26-16-45(4)33-60(66)61-38-55(74)23-29-67(61)73;1-3-2;1-2/h5-38H,41,74H2,1-4H3;1H2,2H3;1-2H3. The topological polar surface area (TPSA) is 82.2 Å². The molecule has 0 amide bonds. The Bertz CT molecular complexity index is 4300. The molecular weight excluding hydrogens is 980 g/mol. The molecule has 0 aliphatic carbocycles. The zero-order valence-corrected chi connectivity index (χ0v) is 47.0. The lowest BCUT2D eigenvalue weighted by Crippen LogP contribution is -2.08. The van der Waals surface area contributed by atoms with Crippen LogP contribution in [0.2, 0.25) is 0 Å². The highest BCUT2D eigenvalue weighted by Crippen LogP contribution is 2.41. The first-order valence-corrected chi connectivity index (χ1v) is 27.3. The largest absolute Gasteiger partial charge is 0.309 e. The molecule has 0 aliphatic rings. The van der Waals surface area contributed by atoms with Gasteiger partial charge in [0, 0.05) is 50.8 Å².